The first-order valence-electron chi connectivity index (χ1n) is 9.20. The molecule has 0 saturated heterocycles. The molecule has 1 atom stereocenters. The minimum atomic E-state index is -0.124. The van der Waals surface area contributed by atoms with Gasteiger partial charge in [0, 0.05) is 12.7 Å². The van der Waals surface area contributed by atoms with Crippen molar-refractivity contribution in [1.29, 1.82) is 0 Å². The van der Waals surface area contributed by atoms with Crippen LogP contribution in [0.25, 0.3) is 5.78 Å². The molecule has 1 aromatic carbocycles. The van der Waals surface area contributed by atoms with Gasteiger partial charge in [0.15, 0.2) is 0 Å². The van der Waals surface area contributed by atoms with Crippen LogP contribution in [-0.2, 0) is 11.2 Å². The number of rotatable bonds is 4. The van der Waals surface area contributed by atoms with Crippen LogP contribution in [0.15, 0.2) is 36.7 Å². The van der Waals surface area contributed by atoms with E-state index in [1.54, 1.807) is 18.0 Å². The number of likely N-dealkylation sites (N-methyl/N-ethyl adjacent to an activating group) is 1. The summed E-state index contributed by atoms with van der Waals surface area (Å²) in [6.45, 7) is 5.23. The van der Waals surface area contributed by atoms with Crippen LogP contribution in [0.5, 0.6) is 0 Å². The molecule has 0 spiro atoms. The first-order chi connectivity index (χ1) is 13.0. The number of hydrogen-bond donors (Lipinski definition) is 0. The van der Waals surface area contributed by atoms with Crippen molar-refractivity contribution in [2.24, 2.45) is 0 Å². The van der Waals surface area contributed by atoms with Gasteiger partial charge in [-0.05, 0) is 29.5 Å². The maximum Gasteiger partial charge on any atom is 0.272 e. The molecule has 1 aliphatic heterocycles. The lowest BCUT2D eigenvalue weighted by Crippen LogP contribution is -2.35. The zero-order chi connectivity index (χ0) is 19.0. The van der Waals surface area contributed by atoms with E-state index in [0.717, 1.165) is 17.7 Å². The van der Waals surface area contributed by atoms with Crippen molar-refractivity contribution >= 4 is 11.7 Å². The van der Waals surface area contributed by atoms with Crippen molar-refractivity contribution in [3.8, 4) is 0 Å². The van der Waals surface area contributed by atoms with Crippen molar-refractivity contribution in [2.45, 2.75) is 32.3 Å². The molecule has 0 N–H and O–H groups in total. The van der Waals surface area contributed by atoms with Crippen molar-refractivity contribution in [3.05, 3.63) is 59.2 Å². The molecule has 3 heterocycles. The average molecular weight is 365 g/mol. The van der Waals surface area contributed by atoms with Crippen molar-refractivity contribution < 1.29 is 9.53 Å². The van der Waals surface area contributed by atoms with Gasteiger partial charge in [-0.15, -0.1) is 0 Å². The van der Waals surface area contributed by atoms with Crippen LogP contribution < -0.4 is 0 Å². The Labute approximate surface area is 158 Å². The van der Waals surface area contributed by atoms with E-state index < -0.39 is 0 Å². The third kappa shape index (κ3) is 3.30. The van der Waals surface area contributed by atoms with Gasteiger partial charge < -0.3 is 9.64 Å². The molecular formula is C20H23N5O2. The van der Waals surface area contributed by atoms with Crippen LogP contribution in [0.3, 0.4) is 0 Å². The number of fused-ring (bicyclic) bond motifs is 2. The molecule has 1 amide bonds. The van der Waals surface area contributed by atoms with E-state index in [4.69, 9.17) is 4.74 Å². The largest absolute Gasteiger partial charge is 0.371 e. The predicted molar refractivity (Wildman–Crippen MR) is 101 cm³/mol. The summed E-state index contributed by atoms with van der Waals surface area (Å²) < 4.78 is 7.45. The van der Waals surface area contributed by atoms with Crippen LogP contribution in [0, 0.1) is 0 Å². The zero-order valence-corrected chi connectivity index (χ0v) is 15.8. The number of ether oxygens (including phenoxy) is 1. The fourth-order valence-electron chi connectivity index (χ4n) is 3.43. The molecule has 2 aromatic heterocycles. The van der Waals surface area contributed by atoms with E-state index >= 15 is 0 Å². The Kier molecular flexibility index (Phi) is 4.61. The second-order valence-corrected chi connectivity index (χ2v) is 7.19. The molecule has 7 nitrogen and oxygen atoms in total. The van der Waals surface area contributed by atoms with Crippen molar-refractivity contribution in [2.75, 3.05) is 20.2 Å². The lowest BCUT2D eigenvalue weighted by atomic mass is 9.97. The Bertz CT molecular complexity index is 981. The highest BCUT2D eigenvalue weighted by molar-refractivity contribution is 5.93. The summed E-state index contributed by atoms with van der Waals surface area (Å²) in [7, 11) is 1.79. The molecule has 1 aliphatic rings. The molecule has 3 aromatic rings. The fourth-order valence-corrected chi connectivity index (χ4v) is 3.43. The summed E-state index contributed by atoms with van der Waals surface area (Å²) in [5, 5.41) is 4.17. The Balaban J connectivity index is 1.62. The van der Waals surface area contributed by atoms with Crippen LogP contribution in [0.4, 0.5) is 0 Å². The monoisotopic (exact) mass is 365 g/mol. The van der Waals surface area contributed by atoms with Gasteiger partial charge in [0.2, 0.25) is 0 Å². The maximum atomic E-state index is 13.2. The van der Waals surface area contributed by atoms with Gasteiger partial charge >= 0.3 is 0 Å². The first-order valence-corrected chi connectivity index (χ1v) is 9.20. The lowest BCUT2D eigenvalue weighted by molar-refractivity contribution is 0.0197. The van der Waals surface area contributed by atoms with Gasteiger partial charge in [-0.3, -0.25) is 4.79 Å². The number of amides is 1. The second kappa shape index (κ2) is 7.08. The number of hydrogen-bond acceptors (Lipinski definition) is 5. The van der Waals surface area contributed by atoms with E-state index in [-0.39, 0.29) is 17.9 Å². The van der Waals surface area contributed by atoms with Gasteiger partial charge in [-0.2, -0.15) is 14.6 Å². The highest BCUT2D eigenvalue weighted by Crippen LogP contribution is 2.28. The summed E-state index contributed by atoms with van der Waals surface area (Å²) >= 11 is 0. The minimum Gasteiger partial charge on any atom is -0.371 e. The van der Waals surface area contributed by atoms with Gasteiger partial charge in [0.25, 0.3) is 11.7 Å². The Morgan fingerprint density at radius 2 is 2.19 bits per heavy atom. The summed E-state index contributed by atoms with van der Waals surface area (Å²) in [6.07, 6.45) is 2.21. The smallest absolute Gasteiger partial charge is 0.272 e. The van der Waals surface area contributed by atoms with Crippen LogP contribution in [0.2, 0.25) is 0 Å². The number of aromatic nitrogens is 4. The van der Waals surface area contributed by atoms with E-state index in [0.29, 0.717) is 24.6 Å². The molecule has 0 unspecified atom stereocenters. The molecular weight excluding hydrogens is 342 g/mol. The Morgan fingerprint density at radius 3 is 3.00 bits per heavy atom. The molecule has 0 fully saturated rings. The highest BCUT2D eigenvalue weighted by Gasteiger charge is 2.26. The molecule has 27 heavy (non-hydrogen) atoms. The summed E-state index contributed by atoms with van der Waals surface area (Å²) in [5.74, 6) is 0.510. The number of nitrogens with zero attached hydrogens (tertiary/aromatic N) is 5. The van der Waals surface area contributed by atoms with E-state index in [1.165, 1.54) is 16.4 Å². The van der Waals surface area contributed by atoms with E-state index in [2.05, 4.69) is 27.2 Å². The number of benzene rings is 1. The number of carbonyl (C=O) groups excluding carboxylic acids is 1. The molecule has 0 radical (unpaired) electrons. The Morgan fingerprint density at radius 1 is 1.37 bits per heavy atom. The van der Waals surface area contributed by atoms with Crippen LogP contribution in [0.1, 0.15) is 53.2 Å². The fraction of sp³-hybridized carbons (Fsp3) is 0.400. The average Bonchev–Trinajstić information content (AvgIpc) is 3.15. The topological polar surface area (TPSA) is 72.6 Å². The highest BCUT2D eigenvalue weighted by atomic mass is 16.5. The predicted octanol–water partition coefficient (Wildman–Crippen LogP) is 2.63. The van der Waals surface area contributed by atoms with Gasteiger partial charge in [-0.1, -0.05) is 38.1 Å². The Hall–Kier alpha value is -2.80. The van der Waals surface area contributed by atoms with Gasteiger partial charge in [0.05, 0.1) is 13.2 Å². The van der Waals surface area contributed by atoms with Crippen molar-refractivity contribution in [1.82, 2.24) is 24.5 Å². The second-order valence-electron chi connectivity index (χ2n) is 7.19. The molecule has 0 saturated carbocycles. The third-order valence-electron chi connectivity index (χ3n) is 4.96. The summed E-state index contributed by atoms with van der Waals surface area (Å²) in [4.78, 5) is 23.5. The van der Waals surface area contributed by atoms with Gasteiger partial charge in [0.1, 0.15) is 18.1 Å². The first kappa shape index (κ1) is 17.6. The minimum absolute atomic E-state index is 0.124. The van der Waals surface area contributed by atoms with Crippen LogP contribution in [-0.4, -0.2) is 50.6 Å². The molecule has 0 bridgehead atoms. The van der Waals surface area contributed by atoms with Crippen molar-refractivity contribution in [3.63, 3.8) is 0 Å². The zero-order valence-electron chi connectivity index (χ0n) is 15.8. The molecule has 140 valence electrons. The van der Waals surface area contributed by atoms with Crippen LogP contribution >= 0.6 is 0 Å². The van der Waals surface area contributed by atoms with Gasteiger partial charge in [-0.25, -0.2) is 4.98 Å². The quantitative estimate of drug-likeness (QED) is 0.711. The maximum absolute atomic E-state index is 13.2. The molecule has 4 rings (SSSR count). The molecule has 0 aliphatic carbocycles. The normalized spacial score (nSPS) is 16.5. The van der Waals surface area contributed by atoms with E-state index in [9.17, 15) is 4.79 Å². The standard InChI is InChI=1S/C20H23N5O2/c1-13(2)16-10-17(25-20(23-16)21-12-22-25)19(26)24(3)11-18-15-7-5-4-6-14(15)8-9-27-18/h4-7,10,12-13,18H,8-9,11H2,1-3H3/t18-/m0/s1. The van der Waals surface area contributed by atoms with E-state index in [1.807, 2.05) is 26.0 Å². The lowest BCUT2D eigenvalue weighted by Gasteiger charge is -2.29. The summed E-state index contributed by atoms with van der Waals surface area (Å²) in [6, 6.07) is 10.1. The molecule has 7 heteroatoms. The summed E-state index contributed by atoms with van der Waals surface area (Å²) in [5.41, 5.74) is 3.74. The number of carbonyl (C=O) groups is 1. The third-order valence-corrected chi connectivity index (χ3v) is 4.96. The SMILES string of the molecule is CC(C)c1cc(C(=O)N(C)C[C@@H]2OCCc3ccccc32)n2ncnc2n1.